The van der Waals surface area contributed by atoms with E-state index in [0.29, 0.717) is 18.8 Å². The first-order chi connectivity index (χ1) is 7.07. The summed E-state index contributed by atoms with van der Waals surface area (Å²) in [5, 5.41) is 6.42. The Hall–Kier alpha value is -1.24. The van der Waals surface area contributed by atoms with Gasteiger partial charge in [0.2, 0.25) is 0 Å². The summed E-state index contributed by atoms with van der Waals surface area (Å²) in [4.78, 5) is 1.88. The highest BCUT2D eigenvalue weighted by molar-refractivity contribution is 5.42. The molecule has 1 aliphatic heterocycles. The third kappa shape index (κ3) is 2.23. The summed E-state index contributed by atoms with van der Waals surface area (Å²) in [5.41, 5.74) is 0.522. The summed E-state index contributed by atoms with van der Waals surface area (Å²) in [6, 6.07) is 0. The van der Waals surface area contributed by atoms with E-state index in [0.717, 1.165) is 19.3 Å². The topological polar surface area (TPSA) is 33.1 Å². The van der Waals surface area contributed by atoms with E-state index in [1.807, 2.05) is 4.90 Å². The van der Waals surface area contributed by atoms with Crippen LogP contribution in [0.4, 0.5) is 18.9 Å². The third-order valence-corrected chi connectivity index (χ3v) is 2.31. The van der Waals surface area contributed by atoms with Crippen LogP contribution in [-0.4, -0.2) is 36.0 Å². The number of anilines is 1. The highest BCUT2D eigenvalue weighted by Gasteiger charge is 2.32. The molecule has 0 amide bonds. The highest BCUT2D eigenvalue weighted by atomic mass is 19.4. The van der Waals surface area contributed by atoms with Crippen LogP contribution in [0.15, 0.2) is 12.4 Å². The second-order valence-electron chi connectivity index (χ2n) is 3.35. The quantitative estimate of drug-likeness (QED) is 0.758. The zero-order valence-electron chi connectivity index (χ0n) is 7.96. The monoisotopic (exact) mass is 220 g/mol. The minimum Gasteiger partial charge on any atom is -0.366 e. The maximum Gasteiger partial charge on any atom is 0.504 e. The lowest BCUT2D eigenvalue weighted by Gasteiger charge is -2.27. The Kier molecular flexibility index (Phi) is 2.56. The molecular weight excluding hydrogens is 209 g/mol. The third-order valence-electron chi connectivity index (χ3n) is 2.31. The molecule has 1 aliphatic rings. The zero-order chi connectivity index (χ0) is 10.9. The number of hydrogen-bond donors (Lipinski definition) is 1. The van der Waals surface area contributed by atoms with Crippen molar-refractivity contribution in [2.45, 2.75) is 6.30 Å². The van der Waals surface area contributed by atoms with Crippen molar-refractivity contribution in [2.24, 2.45) is 0 Å². The Balaban J connectivity index is 2.12. The standard InChI is InChI=1S/C8H11F3N4/c9-8(10,11)15-6-7(5-13-15)14-3-1-12-2-4-14/h5-6,12H,1-4H2. The Morgan fingerprint density at radius 1 is 1.27 bits per heavy atom. The van der Waals surface area contributed by atoms with Crippen LogP contribution in [-0.2, 0) is 6.30 Å². The van der Waals surface area contributed by atoms with Crippen molar-refractivity contribution >= 4 is 5.69 Å². The molecule has 0 bridgehead atoms. The van der Waals surface area contributed by atoms with Crippen molar-refractivity contribution in [3.8, 4) is 0 Å². The second-order valence-corrected chi connectivity index (χ2v) is 3.35. The predicted molar refractivity (Wildman–Crippen MR) is 48.6 cm³/mol. The Morgan fingerprint density at radius 3 is 2.47 bits per heavy atom. The van der Waals surface area contributed by atoms with Gasteiger partial charge in [-0.3, -0.25) is 0 Å². The van der Waals surface area contributed by atoms with Crippen LogP contribution >= 0.6 is 0 Å². The van der Waals surface area contributed by atoms with Crippen LogP contribution in [0.2, 0.25) is 0 Å². The molecule has 1 N–H and O–H groups in total. The summed E-state index contributed by atoms with van der Waals surface area (Å²) in [5.74, 6) is 0. The van der Waals surface area contributed by atoms with Gasteiger partial charge in [-0.2, -0.15) is 9.78 Å². The second kappa shape index (κ2) is 3.73. The van der Waals surface area contributed by atoms with Crippen LogP contribution < -0.4 is 10.2 Å². The van der Waals surface area contributed by atoms with Gasteiger partial charge in [-0.05, 0) is 0 Å². The van der Waals surface area contributed by atoms with Gasteiger partial charge in [-0.25, -0.2) is 0 Å². The number of aromatic nitrogens is 2. The van der Waals surface area contributed by atoms with Gasteiger partial charge in [0.05, 0.1) is 18.1 Å². The normalized spacial score (nSPS) is 18.2. The van der Waals surface area contributed by atoms with Crippen LogP contribution in [0.3, 0.4) is 0 Å². The van der Waals surface area contributed by atoms with Crippen LogP contribution in [0.25, 0.3) is 0 Å². The lowest BCUT2D eigenvalue weighted by molar-refractivity contribution is -0.212. The molecule has 2 heterocycles. The van der Waals surface area contributed by atoms with Crippen molar-refractivity contribution in [1.29, 1.82) is 0 Å². The molecule has 0 radical (unpaired) electrons. The molecule has 0 aliphatic carbocycles. The smallest absolute Gasteiger partial charge is 0.366 e. The van der Waals surface area contributed by atoms with E-state index in [4.69, 9.17) is 0 Å². The molecule has 0 spiro atoms. The highest BCUT2D eigenvalue weighted by Crippen LogP contribution is 2.24. The molecule has 2 rings (SSSR count). The van der Waals surface area contributed by atoms with Gasteiger partial charge in [-0.1, -0.05) is 0 Å². The molecule has 84 valence electrons. The fourth-order valence-electron chi connectivity index (χ4n) is 1.54. The largest absolute Gasteiger partial charge is 0.504 e. The van der Waals surface area contributed by atoms with Gasteiger partial charge >= 0.3 is 6.30 Å². The zero-order valence-corrected chi connectivity index (χ0v) is 7.96. The number of alkyl halides is 3. The molecule has 0 unspecified atom stereocenters. The van der Waals surface area contributed by atoms with E-state index in [-0.39, 0.29) is 4.68 Å². The van der Waals surface area contributed by atoms with E-state index in [2.05, 4.69) is 10.4 Å². The van der Waals surface area contributed by atoms with Crippen LogP contribution in [0, 0.1) is 0 Å². The molecule has 0 atom stereocenters. The van der Waals surface area contributed by atoms with Crippen molar-refractivity contribution < 1.29 is 13.2 Å². The van der Waals surface area contributed by atoms with Crippen molar-refractivity contribution in [3.05, 3.63) is 12.4 Å². The number of nitrogens with zero attached hydrogens (tertiary/aromatic N) is 3. The van der Waals surface area contributed by atoms with E-state index in [9.17, 15) is 13.2 Å². The summed E-state index contributed by atoms with van der Waals surface area (Å²) in [6.45, 7) is 3.00. The minimum atomic E-state index is -4.42. The molecule has 0 saturated carbocycles. The molecule has 1 saturated heterocycles. The fourth-order valence-corrected chi connectivity index (χ4v) is 1.54. The van der Waals surface area contributed by atoms with E-state index >= 15 is 0 Å². The first-order valence-corrected chi connectivity index (χ1v) is 4.65. The lowest BCUT2D eigenvalue weighted by Crippen LogP contribution is -2.43. The fraction of sp³-hybridized carbons (Fsp3) is 0.625. The molecule has 1 aromatic rings. The van der Waals surface area contributed by atoms with Gasteiger partial charge < -0.3 is 10.2 Å². The summed E-state index contributed by atoms with van der Waals surface area (Å²) >= 11 is 0. The Labute approximate surface area is 84.7 Å². The number of hydrogen-bond acceptors (Lipinski definition) is 3. The number of piperazine rings is 1. The summed E-state index contributed by atoms with van der Waals surface area (Å²) in [7, 11) is 0. The van der Waals surface area contributed by atoms with Gasteiger partial charge in [0.1, 0.15) is 0 Å². The van der Waals surface area contributed by atoms with Gasteiger partial charge in [0.15, 0.2) is 0 Å². The van der Waals surface area contributed by atoms with Gasteiger partial charge in [0, 0.05) is 26.2 Å². The summed E-state index contributed by atoms with van der Waals surface area (Å²) in [6.07, 6.45) is -2.16. The Morgan fingerprint density at radius 2 is 1.93 bits per heavy atom. The van der Waals surface area contributed by atoms with Crippen LogP contribution in [0.5, 0.6) is 0 Å². The Bertz CT molecular complexity index is 327. The maximum absolute atomic E-state index is 12.2. The first kappa shape index (κ1) is 10.3. The van der Waals surface area contributed by atoms with Crippen molar-refractivity contribution in [3.63, 3.8) is 0 Å². The predicted octanol–water partition coefficient (Wildman–Crippen LogP) is 0.769. The lowest BCUT2D eigenvalue weighted by atomic mass is 10.3. The van der Waals surface area contributed by atoms with E-state index in [1.165, 1.54) is 6.20 Å². The van der Waals surface area contributed by atoms with Crippen molar-refractivity contribution in [2.75, 3.05) is 31.1 Å². The molecule has 7 heteroatoms. The molecule has 1 aromatic heterocycles. The van der Waals surface area contributed by atoms with E-state index in [1.54, 1.807) is 0 Å². The molecule has 15 heavy (non-hydrogen) atoms. The summed E-state index contributed by atoms with van der Waals surface area (Å²) < 4.78 is 36.7. The average molecular weight is 220 g/mol. The van der Waals surface area contributed by atoms with Crippen LogP contribution in [0.1, 0.15) is 0 Å². The maximum atomic E-state index is 12.2. The van der Waals surface area contributed by atoms with Gasteiger partial charge in [0.25, 0.3) is 0 Å². The molecule has 0 aromatic carbocycles. The van der Waals surface area contributed by atoms with Gasteiger partial charge in [-0.15, -0.1) is 13.2 Å². The first-order valence-electron chi connectivity index (χ1n) is 4.65. The molecule has 1 fully saturated rings. The minimum absolute atomic E-state index is 0.0321. The SMILES string of the molecule is FC(F)(F)n1cc(N2CCNCC2)cn1. The number of rotatable bonds is 1. The number of nitrogens with one attached hydrogen (secondary N) is 1. The average Bonchev–Trinajstić information content (AvgIpc) is 2.67. The van der Waals surface area contributed by atoms with Crippen molar-refractivity contribution in [1.82, 2.24) is 15.1 Å². The molecular formula is C8H11F3N4. The number of halogens is 3. The molecule has 4 nitrogen and oxygen atoms in total. The van der Waals surface area contributed by atoms with E-state index < -0.39 is 6.30 Å².